The highest BCUT2D eigenvalue weighted by molar-refractivity contribution is 5.75. The Morgan fingerprint density at radius 1 is 0.641 bits per heavy atom. The molecule has 0 saturated carbocycles. The van der Waals surface area contributed by atoms with Gasteiger partial charge in [0.05, 0.1) is 0 Å². The third-order valence-corrected chi connectivity index (χ3v) is 5.03. The first-order valence-electron chi connectivity index (χ1n) is 9.94. The number of alkyl halides is 17. The molecule has 0 aromatic heterocycles. The zero-order valence-corrected chi connectivity index (χ0v) is 18.6. The molecule has 5 nitrogen and oxygen atoms in total. The van der Waals surface area contributed by atoms with Gasteiger partial charge < -0.3 is 16.2 Å². The molecule has 0 radical (unpaired) electrons. The van der Waals surface area contributed by atoms with Crippen LogP contribution in [-0.4, -0.2) is 77.2 Å². The van der Waals surface area contributed by atoms with Gasteiger partial charge in [-0.1, -0.05) is 0 Å². The van der Waals surface area contributed by atoms with Crippen molar-refractivity contribution in [3.8, 4) is 0 Å². The van der Waals surface area contributed by atoms with Crippen LogP contribution in [-0.2, 0) is 9.59 Å². The summed E-state index contributed by atoms with van der Waals surface area (Å²) < 4.78 is 224. The van der Waals surface area contributed by atoms with Crippen LogP contribution in [0.2, 0.25) is 0 Å². The molecule has 22 heteroatoms. The summed E-state index contributed by atoms with van der Waals surface area (Å²) in [6.07, 6.45) is -12.9. The summed E-state index contributed by atoms with van der Waals surface area (Å²) in [5, 5.41) is 10.2. The van der Waals surface area contributed by atoms with E-state index in [0.29, 0.717) is 0 Å². The van der Waals surface area contributed by atoms with Crippen LogP contribution in [0.25, 0.3) is 0 Å². The second-order valence-corrected chi connectivity index (χ2v) is 7.94. The summed E-state index contributed by atoms with van der Waals surface area (Å²) in [4.78, 5) is 21.9. The van der Waals surface area contributed by atoms with Crippen LogP contribution in [0.3, 0.4) is 0 Å². The van der Waals surface area contributed by atoms with Gasteiger partial charge in [0.1, 0.15) is 6.04 Å². The Morgan fingerprint density at radius 3 is 1.41 bits per heavy atom. The van der Waals surface area contributed by atoms with Gasteiger partial charge in [-0.15, -0.1) is 0 Å². The lowest BCUT2D eigenvalue weighted by Gasteiger charge is -2.42. The average molecular weight is 620 g/mol. The van der Waals surface area contributed by atoms with Crippen LogP contribution >= 0.6 is 0 Å². The van der Waals surface area contributed by atoms with Gasteiger partial charge >= 0.3 is 53.6 Å². The highest BCUT2D eigenvalue weighted by atomic mass is 19.4. The number of rotatable bonds is 15. The predicted molar refractivity (Wildman–Crippen MR) is 92.4 cm³/mol. The molecule has 39 heavy (non-hydrogen) atoms. The normalized spacial score (nSPS) is 15.7. The standard InChI is InChI=1S/C17H17F17N2O3/c18-10(19,5-4-8(37)36-6-2-1-3-7(35)9(38)39)11(20,21)12(22,23)13(24,25)14(26,27)15(28,29)16(30,31)17(32,33)34/h7H,1-6,35H2,(H,36,37)(H,38,39)/t7-/m0/s1. The number of hydrogen-bond acceptors (Lipinski definition) is 3. The van der Waals surface area contributed by atoms with Crippen LogP contribution < -0.4 is 11.1 Å². The molecular weight excluding hydrogens is 603 g/mol. The smallest absolute Gasteiger partial charge is 0.460 e. The fourth-order valence-electron chi connectivity index (χ4n) is 2.55. The zero-order valence-electron chi connectivity index (χ0n) is 18.6. The number of amides is 1. The molecule has 0 aliphatic carbocycles. The molecule has 232 valence electrons. The van der Waals surface area contributed by atoms with E-state index in [1.165, 1.54) is 0 Å². The molecule has 0 heterocycles. The maximum atomic E-state index is 13.7. The number of carbonyl (C=O) groups is 2. The van der Waals surface area contributed by atoms with Gasteiger partial charge in [0.2, 0.25) is 5.91 Å². The van der Waals surface area contributed by atoms with Crippen molar-refractivity contribution in [1.29, 1.82) is 0 Å². The van der Waals surface area contributed by atoms with E-state index in [4.69, 9.17) is 10.8 Å². The first-order valence-corrected chi connectivity index (χ1v) is 9.94. The SMILES string of the molecule is N[C@@H](CCCCNC(=O)CCC(F)(F)C(F)(F)C(F)(F)C(F)(F)C(F)(F)C(F)(F)C(F)(F)C(F)(F)F)C(=O)O. The molecule has 0 rings (SSSR count). The lowest BCUT2D eigenvalue weighted by Crippen LogP contribution is -2.74. The first kappa shape index (κ1) is 36.7. The Hall–Kier alpha value is -2.29. The van der Waals surface area contributed by atoms with Gasteiger partial charge in [-0.3, -0.25) is 9.59 Å². The average Bonchev–Trinajstić information content (AvgIpc) is 2.75. The predicted octanol–water partition coefficient (Wildman–Crippen LogP) is 5.47. The molecule has 0 fully saturated rings. The van der Waals surface area contributed by atoms with E-state index in [9.17, 15) is 84.2 Å². The number of carbonyl (C=O) groups excluding carboxylic acids is 1. The third-order valence-electron chi connectivity index (χ3n) is 5.03. The quantitative estimate of drug-likeness (QED) is 0.167. The molecule has 0 aromatic rings. The molecule has 4 N–H and O–H groups in total. The highest BCUT2D eigenvalue weighted by Gasteiger charge is 2.95. The second-order valence-electron chi connectivity index (χ2n) is 7.94. The van der Waals surface area contributed by atoms with Gasteiger partial charge in [0.25, 0.3) is 0 Å². The number of unbranched alkanes of at least 4 members (excludes halogenated alkanes) is 1. The first-order chi connectivity index (χ1) is 17.0. The van der Waals surface area contributed by atoms with Crippen LogP contribution in [0.1, 0.15) is 32.1 Å². The van der Waals surface area contributed by atoms with Crippen molar-refractivity contribution in [1.82, 2.24) is 5.32 Å². The minimum absolute atomic E-state index is 0.0183. The van der Waals surface area contributed by atoms with E-state index in [1.54, 1.807) is 5.32 Å². The summed E-state index contributed by atoms with van der Waals surface area (Å²) in [6, 6.07) is -1.34. The molecule has 0 aliphatic rings. The molecule has 1 amide bonds. The van der Waals surface area contributed by atoms with E-state index in [1.807, 2.05) is 0 Å². The maximum Gasteiger partial charge on any atom is 0.460 e. The molecule has 0 unspecified atom stereocenters. The largest absolute Gasteiger partial charge is 0.480 e. The summed E-state index contributed by atoms with van der Waals surface area (Å²) in [6.45, 7) is -0.490. The minimum Gasteiger partial charge on any atom is -0.480 e. The Labute approximate surface area is 205 Å². The van der Waals surface area contributed by atoms with Gasteiger partial charge in [-0.05, 0) is 19.3 Å². The molecule has 0 spiro atoms. The van der Waals surface area contributed by atoms with Crippen molar-refractivity contribution in [2.45, 2.75) is 85.8 Å². The molecule has 0 bridgehead atoms. The highest BCUT2D eigenvalue weighted by Crippen LogP contribution is 2.64. The third kappa shape index (κ3) is 6.55. The summed E-state index contributed by atoms with van der Waals surface area (Å²) >= 11 is 0. The maximum absolute atomic E-state index is 13.7. The fourth-order valence-corrected chi connectivity index (χ4v) is 2.55. The van der Waals surface area contributed by atoms with Crippen molar-refractivity contribution in [2.24, 2.45) is 5.73 Å². The summed E-state index contributed by atoms with van der Waals surface area (Å²) in [5.74, 6) is -60.1. The number of aliphatic carboxylic acids is 1. The number of hydrogen-bond donors (Lipinski definition) is 3. The number of carboxylic acids is 1. The zero-order chi connectivity index (χ0) is 31.7. The van der Waals surface area contributed by atoms with Gasteiger partial charge in [0.15, 0.2) is 0 Å². The Balaban J connectivity index is 5.75. The number of nitrogens with one attached hydrogen (secondary N) is 1. The number of nitrogens with two attached hydrogens (primary N) is 1. The lowest BCUT2D eigenvalue weighted by atomic mass is 9.88. The van der Waals surface area contributed by atoms with Gasteiger partial charge in [0, 0.05) is 19.4 Å². The van der Waals surface area contributed by atoms with E-state index in [-0.39, 0.29) is 19.3 Å². The molecule has 0 aliphatic heterocycles. The fraction of sp³-hybridized carbons (Fsp3) is 0.882. The lowest BCUT2D eigenvalue weighted by molar-refractivity contribution is -0.461. The Bertz CT molecular complexity index is 873. The summed E-state index contributed by atoms with van der Waals surface area (Å²) in [7, 11) is 0. The topological polar surface area (TPSA) is 92.4 Å². The van der Waals surface area contributed by atoms with Crippen LogP contribution in [0.5, 0.6) is 0 Å². The van der Waals surface area contributed by atoms with Crippen LogP contribution in [0, 0.1) is 0 Å². The summed E-state index contributed by atoms with van der Waals surface area (Å²) in [5.41, 5.74) is 5.12. The van der Waals surface area contributed by atoms with Gasteiger partial charge in [-0.2, -0.15) is 74.6 Å². The number of carboxylic acid groups (broad SMARTS) is 1. The van der Waals surface area contributed by atoms with Crippen molar-refractivity contribution < 1.29 is 89.3 Å². The Kier molecular flexibility index (Phi) is 10.6. The van der Waals surface area contributed by atoms with Crippen LogP contribution in [0.15, 0.2) is 0 Å². The number of halogens is 17. The van der Waals surface area contributed by atoms with E-state index in [0.717, 1.165) is 0 Å². The Morgan fingerprint density at radius 2 is 1.03 bits per heavy atom. The van der Waals surface area contributed by atoms with Crippen molar-refractivity contribution in [3.63, 3.8) is 0 Å². The molecular formula is C17H17F17N2O3. The van der Waals surface area contributed by atoms with Crippen LogP contribution in [0.4, 0.5) is 74.6 Å². The van der Waals surface area contributed by atoms with Crippen molar-refractivity contribution in [3.05, 3.63) is 0 Å². The minimum atomic E-state index is -8.71. The monoisotopic (exact) mass is 620 g/mol. The second kappa shape index (κ2) is 11.3. The van der Waals surface area contributed by atoms with Crippen molar-refractivity contribution in [2.75, 3.05) is 6.54 Å². The van der Waals surface area contributed by atoms with Crippen molar-refractivity contribution >= 4 is 11.9 Å². The molecule has 0 saturated heterocycles. The molecule has 1 atom stereocenters. The van der Waals surface area contributed by atoms with E-state index in [2.05, 4.69) is 0 Å². The molecule has 0 aromatic carbocycles. The van der Waals surface area contributed by atoms with E-state index >= 15 is 0 Å². The van der Waals surface area contributed by atoms with Gasteiger partial charge in [-0.25, -0.2) is 0 Å². The van der Waals surface area contributed by atoms with E-state index < -0.39 is 84.9 Å².